The van der Waals surface area contributed by atoms with Crippen LogP contribution >= 0.6 is 11.8 Å². The maximum Gasteiger partial charge on any atom is 0.131 e. The Kier molecular flexibility index (Phi) is 5.32. The molecule has 5 rings (SSSR count). The molecule has 5 heteroatoms. The minimum absolute atomic E-state index is 0.196. The van der Waals surface area contributed by atoms with Gasteiger partial charge in [-0.2, -0.15) is 0 Å². The van der Waals surface area contributed by atoms with Gasteiger partial charge in [0.05, 0.1) is 17.9 Å². The number of hydrogen-bond acceptors (Lipinski definition) is 3. The molecule has 0 saturated heterocycles. The Morgan fingerprint density at radius 3 is 2.90 bits per heavy atom. The lowest BCUT2D eigenvalue weighted by molar-refractivity contribution is 0.419. The van der Waals surface area contributed by atoms with Crippen LogP contribution in [0.5, 0.6) is 0 Å². The molecule has 1 spiro atoms. The predicted molar refractivity (Wildman–Crippen MR) is 126 cm³/mol. The van der Waals surface area contributed by atoms with Crippen LogP contribution in [0, 0.1) is 12.7 Å². The number of amidine groups is 1. The molecule has 1 unspecified atom stereocenters. The fraction of sp³-hybridized carbons (Fsp3) is 0.400. The molecule has 1 aliphatic carbocycles. The molecule has 0 amide bonds. The molecule has 156 valence electrons. The molecular weight excluding hydrogens is 393 g/mol. The third-order valence-corrected chi connectivity index (χ3v) is 7.41. The van der Waals surface area contributed by atoms with Crippen molar-refractivity contribution in [3.8, 4) is 0 Å². The highest BCUT2D eigenvalue weighted by Crippen LogP contribution is 2.39. The van der Waals surface area contributed by atoms with Gasteiger partial charge in [-0.15, -0.1) is 11.8 Å². The van der Waals surface area contributed by atoms with Gasteiger partial charge in [0.2, 0.25) is 0 Å². The van der Waals surface area contributed by atoms with E-state index in [1.54, 1.807) is 13.0 Å². The van der Waals surface area contributed by atoms with Crippen molar-refractivity contribution in [3.63, 3.8) is 0 Å². The first kappa shape index (κ1) is 19.7. The van der Waals surface area contributed by atoms with Crippen molar-refractivity contribution in [1.29, 1.82) is 0 Å². The van der Waals surface area contributed by atoms with Crippen molar-refractivity contribution in [3.05, 3.63) is 70.4 Å². The molecule has 2 aliphatic heterocycles. The van der Waals surface area contributed by atoms with Crippen molar-refractivity contribution in [2.75, 3.05) is 16.4 Å². The molecule has 2 aromatic rings. The van der Waals surface area contributed by atoms with Gasteiger partial charge in [-0.3, -0.25) is 4.99 Å². The number of halogens is 1. The van der Waals surface area contributed by atoms with Gasteiger partial charge in [0.15, 0.2) is 0 Å². The molecule has 2 heterocycles. The summed E-state index contributed by atoms with van der Waals surface area (Å²) in [5.41, 5.74) is 4.66. The molecule has 2 N–H and O–H groups in total. The molecule has 3 aliphatic rings. The Morgan fingerprint density at radius 2 is 2.07 bits per heavy atom. The van der Waals surface area contributed by atoms with E-state index in [9.17, 15) is 4.39 Å². The first-order chi connectivity index (χ1) is 14.6. The summed E-state index contributed by atoms with van der Waals surface area (Å²) in [6.07, 6.45) is 8.23. The fourth-order valence-corrected chi connectivity index (χ4v) is 5.29. The van der Waals surface area contributed by atoms with Crippen LogP contribution in [0.4, 0.5) is 15.8 Å². The second kappa shape index (κ2) is 8.10. The number of benzene rings is 2. The van der Waals surface area contributed by atoms with E-state index >= 15 is 0 Å². The van der Waals surface area contributed by atoms with Crippen molar-refractivity contribution < 1.29 is 4.39 Å². The molecule has 1 atom stereocenters. The van der Waals surface area contributed by atoms with E-state index in [1.807, 2.05) is 17.8 Å². The molecule has 3 nitrogen and oxygen atoms in total. The lowest BCUT2D eigenvalue weighted by atomic mass is 9.80. The van der Waals surface area contributed by atoms with Gasteiger partial charge in [0.25, 0.3) is 0 Å². The Morgan fingerprint density at radius 1 is 1.17 bits per heavy atom. The highest BCUT2D eigenvalue weighted by Gasteiger charge is 2.38. The topological polar surface area (TPSA) is 36.4 Å². The SMILES string of the molecule is Cc1cc2c(cc1F)NC(=NCc1cccc(C3CCC3)c1)C1(C=CSCCC1)N2. The van der Waals surface area contributed by atoms with Gasteiger partial charge in [-0.1, -0.05) is 30.7 Å². The average Bonchev–Trinajstić information content (AvgIpc) is 2.93. The first-order valence-corrected chi connectivity index (χ1v) is 12.0. The van der Waals surface area contributed by atoms with Gasteiger partial charge >= 0.3 is 0 Å². The van der Waals surface area contributed by atoms with Crippen LogP contribution in [-0.2, 0) is 6.54 Å². The fourth-order valence-electron chi connectivity index (χ4n) is 4.52. The summed E-state index contributed by atoms with van der Waals surface area (Å²) in [4.78, 5) is 5.03. The quantitative estimate of drug-likeness (QED) is 0.585. The number of nitrogens with zero attached hydrogens (tertiary/aromatic N) is 1. The van der Waals surface area contributed by atoms with E-state index in [0.717, 1.165) is 41.7 Å². The second-order valence-corrected chi connectivity index (χ2v) is 9.70. The third-order valence-electron chi connectivity index (χ3n) is 6.56. The van der Waals surface area contributed by atoms with Crippen LogP contribution in [0.2, 0.25) is 0 Å². The molecule has 30 heavy (non-hydrogen) atoms. The van der Waals surface area contributed by atoms with Crippen molar-refractivity contribution in [2.24, 2.45) is 4.99 Å². The van der Waals surface area contributed by atoms with Gasteiger partial charge in [0.1, 0.15) is 17.2 Å². The monoisotopic (exact) mass is 421 g/mol. The largest absolute Gasteiger partial charge is 0.368 e. The summed E-state index contributed by atoms with van der Waals surface area (Å²) in [7, 11) is 0. The summed E-state index contributed by atoms with van der Waals surface area (Å²) >= 11 is 1.84. The number of nitrogens with one attached hydrogen (secondary N) is 2. The molecule has 0 radical (unpaired) electrons. The Balaban J connectivity index is 1.48. The number of thioether (sulfide) groups is 1. The smallest absolute Gasteiger partial charge is 0.131 e. The lowest BCUT2D eigenvalue weighted by Crippen LogP contribution is -2.51. The van der Waals surface area contributed by atoms with Gasteiger partial charge in [-0.25, -0.2) is 4.39 Å². The second-order valence-electron chi connectivity index (χ2n) is 8.68. The molecule has 1 fully saturated rings. The standard InChI is InChI=1S/C25H28FN3S/c1-17-13-23-22(15-21(17)26)28-24(25(29-23)9-4-11-30-12-10-25)27-16-18-5-2-8-20(14-18)19-6-3-7-19/h2,5,8,10,12-15,19,29H,3-4,6-7,9,11,16H2,1H3,(H,27,28). The van der Waals surface area contributed by atoms with E-state index in [4.69, 9.17) is 4.99 Å². The summed E-state index contributed by atoms with van der Waals surface area (Å²) in [6.45, 7) is 2.43. The highest BCUT2D eigenvalue weighted by molar-refractivity contribution is 8.02. The van der Waals surface area contributed by atoms with Crippen molar-refractivity contribution >= 4 is 29.0 Å². The zero-order chi connectivity index (χ0) is 20.6. The predicted octanol–water partition coefficient (Wildman–Crippen LogP) is 6.62. The Labute approximate surface area is 182 Å². The van der Waals surface area contributed by atoms with Gasteiger partial charge < -0.3 is 10.6 Å². The van der Waals surface area contributed by atoms with Gasteiger partial charge in [0, 0.05) is 0 Å². The minimum Gasteiger partial charge on any atom is -0.368 e. The molecule has 0 bridgehead atoms. The minimum atomic E-state index is -0.369. The van der Waals surface area contributed by atoms with Crippen LogP contribution in [0.3, 0.4) is 0 Å². The lowest BCUT2D eigenvalue weighted by Gasteiger charge is -2.39. The number of aliphatic imine (C=N–C) groups is 1. The Hall–Kier alpha value is -2.27. The number of anilines is 2. The zero-order valence-electron chi connectivity index (χ0n) is 17.4. The highest BCUT2D eigenvalue weighted by atomic mass is 32.2. The Bertz CT molecular complexity index is 1010. The molecule has 1 saturated carbocycles. The number of aryl methyl sites for hydroxylation is 1. The molecule has 2 aromatic carbocycles. The number of hydrogen-bond donors (Lipinski definition) is 2. The first-order valence-electron chi connectivity index (χ1n) is 10.9. The van der Waals surface area contributed by atoms with E-state index in [-0.39, 0.29) is 11.4 Å². The van der Waals surface area contributed by atoms with Crippen molar-refractivity contribution in [2.45, 2.75) is 57.0 Å². The summed E-state index contributed by atoms with van der Waals surface area (Å²) in [6, 6.07) is 12.3. The van der Waals surface area contributed by atoms with Crippen LogP contribution in [0.1, 0.15) is 54.7 Å². The summed E-state index contributed by atoms with van der Waals surface area (Å²) in [5.74, 6) is 2.51. The summed E-state index contributed by atoms with van der Waals surface area (Å²) < 4.78 is 14.2. The molecular formula is C25H28FN3S. The third kappa shape index (κ3) is 3.76. The van der Waals surface area contributed by atoms with Crippen LogP contribution in [0.15, 0.2) is 52.9 Å². The van der Waals surface area contributed by atoms with Crippen LogP contribution in [-0.4, -0.2) is 17.1 Å². The van der Waals surface area contributed by atoms with Crippen LogP contribution in [0.25, 0.3) is 0 Å². The van der Waals surface area contributed by atoms with Crippen LogP contribution < -0.4 is 10.6 Å². The summed E-state index contributed by atoms with van der Waals surface area (Å²) in [5, 5.41) is 9.34. The van der Waals surface area contributed by atoms with Crippen molar-refractivity contribution in [1.82, 2.24) is 0 Å². The number of fused-ring (bicyclic) bond motifs is 1. The van der Waals surface area contributed by atoms with E-state index in [2.05, 4.69) is 46.4 Å². The molecule has 0 aromatic heterocycles. The average molecular weight is 422 g/mol. The van der Waals surface area contributed by atoms with E-state index < -0.39 is 0 Å². The zero-order valence-corrected chi connectivity index (χ0v) is 18.2. The number of rotatable bonds is 3. The van der Waals surface area contributed by atoms with Gasteiger partial charge in [-0.05, 0) is 84.6 Å². The van der Waals surface area contributed by atoms with E-state index in [0.29, 0.717) is 12.1 Å². The maximum atomic E-state index is 14.2. The maximum absolute atomic E-state index is 14.2. The normalized spacial score (nSPS) is 24.7. The van der Waals surface area contributed by atoms with E-state index in [1.165, 1.54) is 30.4 Å².